The second kappa shape index (κ2) is 5.90. The Morgan fingerprint density at radius 3 is 2.85 bits per heavy atom. The van der Waals surface area contributed by atoms with E-state index in [1.807, 2.05) is 11.3 Å². The van der Waals surface area contributed by atoms with E-state index < -0.39 is 0 Å². The van der Waals surface area contributed by atoms with Crippen LogP contribution >= 0.6 is 23.1 Å². The van der Waals surface area contributed by atoms with Crippen molar-refractivity contribution in [3.05, 3.63) is 10.4 Å². The van der Waals surface area contributed by atoms with E-state index in [1.165, 1.54) is 36.1 Å². The van der Waals surface area contributed by atoms with Crippen molar-refractivity contribution in [2.75, 3.05) is 11.5 Å². The summed E-state index contributed by atoms with van der Waals surface area (Å²) in [6, 6.07) is 0. The fraction of sp³-hybridized carbons (Fsp3) is 0.600. The van der Waals surface area contributed by atoms with E-state index in [1.54, 1.807) is 11.8 Å². The van der Waals surface area contributed by atoms with Crippen molar-refractivity contribution in [2.24, 2.45) is 5.92 Å². The number of aryl methyl sites for hydroxylation is 2. The maximum Gasteiger partial charge on any atom is 0.190 e. The third-order valence-corrected chi connectivity index (χ3v) is 5.81. The lowest BCUT2D eigenvalue weighted by molar-refractivity contribution is 0.631. The zero-order valence-corrected chi connectivity index (χ0v) is 13.7. The summed E-state index contributed by atoms with van der Waals surface area (Å²) in [5, 5.41) is 1.98. The molecule has 5 heteroatoms. The van der Waals surface area contributed by atoms with Crippen LogP contribution in [0.15, 0.2) is 5.16 Å². The number of nitrogens with two attached hydrogens (primary N) is 1. The predicted octanol–water partition coefficient (Wildman–Crippen LogP) is 4.29. The molecule has 0 fully saturated rings. The Bertz CT molecular complexity index is 619. The number of fused-ring (bicyclic) bond motifs is 3. The molecule has 2 N–H and O–H groups in total. The lowest BCUT2D eigenvalue weighted by atomic mass is 9.97. The van der Waals surface area contributed by atoms with Crippen LogP contribution in [0, 0.1) is 5.92 Å². The summed E-state index contributed by atoms with van der Waals surface area (Å²) in [7, 11) is 0. The molecule has 0 spiro atoms. The third-order valence-electron chi connectivity index (χ3n) is 3.75. The molecule has 0 aliphatic heterocycles. The first-order valence-electron chi connectivity index (χ1n) is 7.35. The molecule has 3 rings (SSSR count). The van der Waals surface area contributed by atoms with E-state index in [4.69, 9.17) is 10.7 Å². The van der Waals surface area contributed by atoms with Crippen molar-refractivity contribution in [2.45, 2.75) is 51.1 Å². The SMILES string of the molecule is CC(C)CCSc1nc(N)c2c3c(sc2n1)CCCC3. The normalized spacial score (nSPS) is 14.9. The smallest absolute Gasteiger partial charge is 0.190 e. The molecule has 20 heavy (non-hydrogen) atoms. The summed E-state index contributed by atoms with van der Waals surface area (Å²) < 4.78 is 0. The molecule has 0 radical (unpaired) electrons. The maximum absolute atomic E-state index is 6.20. The molecule has 0 bridgehead atoms. The first kappa shape index (κ1) is 14.1. The number of anilines is 1. The van der Waals surface area contributed by atoms with E-state index >= 15 is 0 Å². The van der Waals surface area contributed by atoms with Gasteiger partial charge in [-0.25, -0.2) is 9.97 Å². The molecule has 2 aromatic rings. The molecule has 2 aromatic heterocycles. The first-order valence-corrected chi connectivity index (χ1v) is 9.16. The molecule has 1 aliphatic rings. The Hall–Kier alpha value is -0.810. The third kappa shape index (κ3) is 2.79. The fourth-order valence-electron chi connectivity index (χ4n) is 2.62. The van der Waals surface area contributed by atoms with Gasteiger partial charge in [-0.2, -0.15) is 0 Å². The summed E-state index contributed by atoms with van der Waals surface area (Å²) in [4.78, 5) is 11.8. The summed E-state index contributed by atoms with van der Waals surface area (Å²) >= 11 is 3.55. The molecule has 1 aliphatic carbocycles. The minimum atomic E-state index is 0.682. The topological polar surface area (TPSA) is 51.8 Å². The molecule has 3 nitrogen and oxygen atoms in total. The first-order chi connectivity index (χ1) is 9.65. The lowest BCUT2D eigenvalue weighted by Crippen LogP contribution is -2.01. The van der Waals surface area contributed by atoms with E-state index in [9.17, 15) is 0 Å². The van der Waals surface area contributed by atoms with Crippen LogP contribution in [0.2, 0.25) is 0 Å². The van der Waals surface area contributed by atoms with Gasteiger partial charge in [0.1, 0.15) is 10.6 Å². The van der Waals surface area contributed by atoms with Crippen molar-refractivity contribution in [1.29, 1.82) is 0 Å². The second-order valence-corrected chi connectivity index (χ2v) is 7.96. The Morgan fingerprint density at radius 2 is 2.05 bits per heavy atom. The van der Waals surface area contributed by atoms with Gasteiger partial charge in [-0.3, -0.25) is 0 Å². The van der Waals surface area contributed by atoms with E-state index in [-0.39, 0.29) is 0 Å². The van der Waals surface area contributed by atoms with Crippen molar-refractivity contribution in [3.8, 4) is 0 Å². The minimum absolute atomic E-state index is 0.682. The second-order valence-electron chi connectivity index (χ2n) is 5.81. The lowest BCUT2D eigenvalue weighted by Gasteiger charge is -2.10. The van der Waals surface area contributed by atoms with E-state index in [0.29, 0.717) is 5.82 Å². The molecule has 0 saturated carbocycles. The molecular formula is C15H21N3S2. The van der Waals surface area contributed by atoms with E-state index in [2.05, 4.69) is 18.8 Å². The predicted molar refractivity (Wildman–Crippen MR) is 88.6 cm³/mol. The molecular weight excluding hydrogens is 286 g/mol. The molecule has 0 atom stereocenters. The molecule has 0 saturated heterocycles. The average Bonchev–Trinajstić information content (AvgIpc) is 2.76. The molecule has 0 amide bonds. The number of thiophene rings is 1. The van der Waals surface area contributed by atoms with Crippen molar-refractivity contribution >= 4 is 39.1 Å². The number of thioether (sulfide) groups is 1. The average molecular weight is 307 g/mol. The van der Waals surface area contributed by atoms with Gasteiger partial charge < -0.3 is 5.73 Å². The van der Waals surface area contributed by atoms with Crippen LogP contribution in [0.25, 0.3) is 10.2 Å². The van der Waals surface area contributed by atoms with Gasteiger partial charge in [0.25, 0.3) is 0 Å². The number of hydrogen-bond donors (Lipinski definition) is 1. The number of nitrogen functional groups attached to an aromatic ring is 1. The zero-order valence-electron chi connectivity index (χ0n) is 12.1. The van der Waals surface area contributed by atoms with Gasteiger partial charge in [0.15, 0.2) is 5.16 Å². The van der Waals surface area contributed by atoms with Crippen LogP contribution in [0.3, 0.4) is 0 Å². The number of nitrogens with zero attached hydrogens (tertiary/aromatic N) is 2. The number of hydrogen-bond acceptors (Lipinski definition) is 5. The maximum atomic E-state index is 6.20. The highest BCUT2D eigenvalue weighted by Crippen LogP contribution is 2.38. The number of rotatable bonds is 4. The van der Waals surface area contributed by atoms with Gasteiger partial charge in [0, 0.05) is 10.6 Å². The summed E-state index contributed by atoms with van der Waals surface area (Å²) in [6.07, 6.45) is 6.08. The van der Waals surface area contributed by atoms with Crippen LogP contribution in [0.1, 0.15) is 43.6 Å². The van der Waals surface area contributed by atoms with Gasteiger partial charge in [-0.05, 0) is 43.6 Å². The van der Waals surface area contributed by atoms with E-state index in [0.717, 1.165) is 33.5 Å². The van der Waals surface area contributed by atoms with Crippen molar-refractivity contribution in [1.82, 2.24) is 9.97 Å². The van der Waals surface area contributed by atoms with Gasteiger partial charge in [0.05, 0.1) is 5.39 Å². The minimum Gasteiger partial charge on any atom is -0.383 e. The molecule has 0 unspecified atom stereocenters. The molecule has 108 valence electrons. The van der Waals surface area contributed by atoms with Crippen LogP contribution in [-0.2, 0) is 12.8 Å². The van der Waals surface area contributed by atoms with Crippen molar-refractivity contribution in [3.63, 3.8) is 0 Å². The zero-order chi connectivity index (χ0) is 14.1. The summed E-state index contributed by atoms with van der Waals surface area (Å²) in [6.45, 7) is 4.48. The van der Waals surface area contributed by atoms with Gasteiger partial charge >= 0.3 is 0 Å². The summed E-state index contributed by atoms with van der Waals surface area (Å²) in [5.74, 6) is 2.47. The molecule has 2 heterocycles. The molecule has 0 aromatic carbocycles. The highest BCUT2D eigenvalue weighted by molar-refractivity contribution is 7.99. The fourth-order valence-corrected chi connectivity index (χ4v) is 5.03. The van der Waals surface area contributed by atoms with Gasteiger partial charge in [0.2, 0.25) is 0 Å². The Morgan fingerprint density at radius 1 is 1.25 bits per heavy atom. The van der Waals surface area contributed by atoms with Crippen LogP contribution < -0.4 is 5.73 Å². The standard InChI is InChI=1S/C15H21N3S2/c1-9(2)7-8-19-15-17-13(16)12-10-5-3-4-6-11(10)20-14(12)18-15/h9H,3-8H2,1-2H3,(H2,16,17,18). The monoisotopic (exact) mass is 307 g/mol. The Labute approximate surface area is 128 Å². The van der Waals surface area contributed by atoms with Crippen molar-refractivity contribution < 1.29 is 0 Å². The van der Waals surface area contributed by atoms with Gasteiger partial charge in [-0.1, -0.05) is 25.6 Å². The van der Waals surface area contributed by atoms with Crippen LogP contribution in [0.5, 0.6) is 0 Å². The van der Waals surface area contributed by atoms with Gasteiger partial charge in [-0.15, -0.1) is 11.3 Å². The highest BCUT2D eigenvalue weighted by atomic mass is 32.2. The highest BCUT2D eigenvalue weighted by Gasteiger charge is 2.20. The Kier molecular flexibility index (Phi) is 4.17. The largest absolute Gasteiger partial charge is 0.383 e. The quantitative estimate of drug-likeness (QED) is 0.676. The summed E-state index contributed by atoms with van der Waals surface area (Å²) in [5.41, 5.74) is 7.62. The van der Waals surface area contributed by atoms with Crippen LogP contribution in [-0.4, -0.2) is 15.7 Å². The number of aromatic nitrogens is 2. The Balaban J connectivity index is 1.90. The van der Waals surface area contributed by atoms with Crippen LogP contribution in [0.4, 0.5) is 5.82 Å².